The smallest absolute Gasteiger partial charge is 0.214 e. The van der Waals surface area contributed by atoms with Crippen LogP contribution < -0.4 is 14.9 Å². The highest BCUT2D eigenvalue weighted by molar-refractivity contribution is 7.71. The molecule has 4 rings (SSSR count). The molecule has 0 unspecified atom stereocenters. The molecule has 3 aromatic carbocycles. The second-order valence-electron chi connectivity index (χ2n) is 7.25. The Morgan fingerprint density at radius 1 is 1.06 bits per heavy atom. The van der Waals surface area contributed by atoms with Crippen LogP contribution in [0.1, 0.15) is 18.1 Å². The van der Waals surface area contributed by atoms with E-state index in [-0.39, 0.29) is 11.6 Å². The van der Waals surface area contributed by atoms with Crippen LogP contribution >= 0.6 is 35.4 Å². The molecule has 176 valence electrons. The molecule has 0 saturated heterocycles. The molecule has 34 heavy (non-hydrogen) atoms. The Morgan fingerprint density at radius 3 is 2.59 bits per heavy atom. The van der Waals surface area contributed by atoms with Gasteiger partial charge in [0.1, 0.15) is 12.4 Å². The summed E-state index contributed by atoms with van der Waals surface area (Å²) in [6.07, 6.45) is 0. The van der Waals surface area contributed by atoms with Gasteiger partial charge in [0.15, 0.2) is 17.3 Å². The molecule has 1 aromatic heterocycles. The average molecular weight is 519 g/mol. The number of ether oxygens (including phenoxy) is 2. The Balaban J connectivity index is 1.54. The standard InChI is InChI=1S/C24H21Cl2FN4O2S/c1-2-32-21-11-15(10-20(26)22(21)33-14-17-8-9-18(27)12-19(17)25)13-28-31-23(29-30-24(31)34)16-6-4-3-5-7-16/h3-12,28H,2,13-14H2,1H3,(H,30,34). The van der Waals surface area contributed by atoms with Crippen molar-refractivity contribution in [1.82, 2.24) is 14.9 Å². The van der Waals surface area contributed by atoms with Gasteiger partial charge in [0.2, 0.25) is 4.77 Å². The molecule has 0 bridgehead atoms. The summed E-state index contributed by atoms with van der Waals surface area (Å²) >= 11 is 18.0. The average Bonchev–Trinajstić information content (AvgIpc) is 3.19. The number of rotatable bonds is 9. The van der Waals surface area contributed by atoms with E-state index >= 15 is 0 Å². The number of hydrogen-bond acceptors (Lipinski definition) is 5. The number of hydrogen-bond donors (Lipinski definition) is 2. The fourth-order valence-corrected chi connectivity index (χ4v) is 4.02. The molecule has 0 fully saturated rings. The van der Waals surface area contributed by atoms with Gasteiger partial charge in [-0.2, -0.15) is 5.10 Å². The van der Waals surface area contributed by atoms with Crippen molar-refractivity contribution >= 4 is 35.4 Å². The molecule has 6 nitrogen and oxygen atoms in total. The van der Waals surface area contributed by atoms with Gasteiger partial charge in [-0.1, -0.05) is 59.6 Å². The third-order valence-electron chi connectivity index (χ3n) is 4.90. The molecule has 4 aromatic rings. The van der Waals surface area contributed by atoms with E-state index in [9.17, 15) is 4.39 Å². The van der Waals surface area contributed by atoms with Gasteiger partial charge >= 0.3 is 0 Å². The first-order chi connectivity index (χ1) is 16.5. The van der Waals surface area contributed by atoms with Gasteiger partial charge in [-0.25, -0.2) is 14.2 Å². The van der Waals surface area contributed by atoms with E-state index in [1.165, 1.54) is 12.1 Å². The molecule has 0 amide bonds. The SMILES string of the molecule is CCOc1cc(CNn2c(-c3ccccc3)n[nH]c2=S)cc(Cl)c1OCc1ccc(F)cc1Cl. The maximum atomic E-state index is 13.3. The van der Waals surface area contributed by atoms with Crippen molar-refractivity contribution in [1.29, 1.82) is 0 Å². The number of aromatic nitrogens is 3. The summed E-state index contributed by atoms with van der Waals surface area (Å²) in [4.78, 5) is 0. The largest absolute Gasteiger partial charge is 0.490 e. The fraction of sp³-hybridized carbons (Fsp3) is 0.167. The van der Waals surface area contributed by atoms with E-state index in [0.29, 0.717) is 45.8 Å². The quantitative estimate of drug-likeness (QED) is 0.239. The van der Waals surface area contributed by atoms with E-state index < -0.39 is 5.82 Å². The number of halogens is 3. The van der Waals surface area contributed by atoms with Crippen molar-refractivity contribution < 1.29 is 13.9 Å². The first-order valence-electron chi connectivity index (χ1n) is 10.4. The van der Waals surface area contributed by atoms with E-state index in [4.69, 9.17) is 44.9 Å². The highest BCUT2D eigenvalue weighted by Gasteiger charge is 2.15. The lowest BCUT2D eigenvalue weighted by atomic mass is 10.2. The predicted molar refractivity (Wildman–Crippen MR) is 134 cm³/mol. The Kier molecular flexibility index (Phi) is 7.72. The summed E-state index contributed by atoms with van der Waals surface area (Å²) in [6.45, 7) is 2.81. The van der Waals surface area contributed by atoms with Crippen LogP contribution in [0.5, 0.6) is 11.5 Å². The van der Waals surface area contributed by atoms with Crippen molar-refractivity contribution in [3.05, 3.63) is 92.4 Å². The van der Waals surface area contributed by atoms with E-state index in [0.717, 1.165) is 11.1 Å². The summed E-state index contributed by atoms with van der Waals surface area (Å²) in [5, 5.41) is 7.79. The zero-order valence-electron chi connectivity index (χ0n) is 18.1. The van der Waals surface area contributed by atoms with Gasteiger partial charge in [-0.05, 0) is 49.0 Å². The molecule has 0 radical (unpaired) electrons. The summed E-state index contributed by atoms with van der Waals surface area (Å²) < 4.78 is 27.1. The number of nitrogens with zero attached hydrogens (tertiary/aromatic N) is 2. The predicted octanol–water partition coefficient (Wildman–Crippen LogP) is 6.77. The van der Waals surface area contributed by atoms with Crippen molar-refractivity contribution in [2.75, 3.05) is 12.0 Å². The highest BCUT2D eigenvalue weighted by atomic mass is 35.5. The maximum absolute atomic E-state index is 13.3. The first kappa shape index (κ1) is 24.1. The summed E-state index contributed by atoms with van der Waals surface area (Å²) in [7, 11) is 0. The lowest BCUT2D eigenvalue weighted by Gasteiger charge is -2.17. The molecular formula is C24H21Cl2FN4O2S. The molecule has 10 heteroatoms. The molecule has 2 N–H and O–H groups in total. The van der Waals surface area contributed by atoms with Crippen LogP contribution in [-0.2, 0) is 13.2 Å². The Morgan fingerprint density at radius 2 is 1.85 bits per heavy atom. The van der Waals surface area contributed by atoms with Crippen LogP contribution in [0.25, 0.3) is 11.4 Å². The van der Waals surface area contributed by atoms with Crippen LogP contribution in [0.3, 0.4) is 0 Å². The lowest BCUT2D eigenvalue weighted by Crippen LogP contribution is -2.16. The van der Waals surface area contributed by atoms with Crippen molar-refractivity contribution in [2.24, 2.45) is 0 Å². The molecule has 0 atom stereocenters. The van der Waals surface area contributed by atoms with Gasteiger partial charge in [-0.15, -0.1) is 0 Å². The molecular weight excluding hydrogens is 498 g/mol. The summed E-state index contributed by atoms with van der Waals surface area (Å²) in [5.74, 6) is 1.13. The Hall–Kier alpha value is -3.07. The Bertz CT molecular complexity index is 1340. The highest BCUT2D eigenvalue weighted by Crippen LogP contribution is 2.37. The third kappa shape index (κ3) is 5.52. The fourth-order valence-electron chi connectivity index (χ4n) is 3.31. The van der Waals surface area contributed by atoms with E-state index in [1.807, 2.05) is 43.3 Å². The van der Waals surface area contributed by atoms with Gasteiger partial charge < -0.3 is 14.9 Å². The Labute approximate surface area is 211 Å². The minimum Gasteiger partial charge on any atom is -0.490 e. The minimum absolute atomic E-state index is 0.112. The molecule has 0 aliphatic rings. The number of nitrogens with one attached hydrogen (secondary N) is 2. The number of H-pyrrole nitrogens is 1. The van der Waals surface area contributed by atoms with Crippen LogP contribution in [0, 0.1) is 10.6 Å². The minimum atomic E-state index is -0.410. The van der Waals surface area contributed by atoms with Crippen molar-refractivity contribution in [3.8, 4) is 22.9 Å². The van der Waals surface area contributed by atoms with Gasteiger partial charge in [0.05, 0.1) is 23.2 Å². The molecule has 0 spiro atoms. The monoisotopic (exact) mass is 518 g/mol. The van der Waals surface area contributed by atoms with Crippen LogP contribution in [0.15, 0.2) is 60.7 Å². The van der Waals surface area contributed by atoms with Crippen LogP contribution in [0.2, 0.25) is 10.0 Å². The van der Waals surface area contributed by atoms with Gasteiger partial charge in [-0.3, -0.25) is 0 Å². The number of benzene rings is 3. The zero-order chi connectivity index (χ0) is 24.1. The van der Waals surface area contributed by atoms with Crippen LogP contribution in [-0.4, -0.2) is 21.5 Å². The van der Waals surface area contributed by atoms with E-state index in [1.54, 1.807) is 16.8 Å². The van der Waals surface area contributed by atoms with Crippen molar-refractivity contribution in [2.45, 2.75) is 20.1 Å². The topological polar surface area (TPSA) is 64.1 Å². The second kappa shape index (κ2) is 10.9. The number of aromatic amines is 1. The summed E-state index contributed by atoms with van der Waals surface area (Å²) in [5.41, 5.74) is 5.67. The van der Waals surface area contributed by atoms with Gasteiger partial charge in [0.25, 0.3) is 0 Å². The molecule has 0 saturated carbocycles. The normalized spacial score (nSPS) is 10.8. The zero-order valence-corrected chi connectivity index (χ0v) is 20.5. The van der Waals surface area contributed by atoms with Crippen molar-refractivity contribution in [3.63, 3.8) is 0 Å². The van der Waals surface area contributed by atoms with Crippen LogP contribution in [0.4, 0.5) is 4.39 Å². The third-order valence-corrected chi connectivity index (χ3v) is 5.81. The first-order valence-corrected chi connectivity index (χ1v) is 11.6. The van der Waals surface area contributed by atoms with Gasteiger partial charge in [0, 0.05) is 11.1 Å². The molecule has 0 aliphatic heterocycles. The molecule has 0 aliphatic carbocycles. The second-order valence-corrected chi connectivity index (χ2v) is 8.45. The van der Waals surface area contributed by atoms with E-state index in [2.05, 4.69) is 15.6 Å². The maximum Gasteiger partial charge on any atom is 0.214 e. The summed E-state index contributed by atoms with van der Waals surface area (Å²) in [6, 6.07) is 17.5. The lowest BCUT2D eigenvalue weighted by molar-refractivity contribution is 0.269. The molecule has 1 heterocycles.